The first-order chi connectivity index (χ1) is 13.7. The van der Waals surface area contributed by atoms with E-state index in [9.17, 15) is 4.79 Å². The van der Waals surface area contributed by atoms with E-state index in [0.717, 1.165) is 28.9 Å². The molecule has 0 aliphatic rings. The monoisotopic (exact) mass is 374 g/mol. The number of carbonyl (C=O) groups is 1. The van der Waals surface area contributed by atoms with Gasteiger partial charge in [-0.1, -0.05) is 18.2 Å². The van der Waals surface area contributed by atoms with E-state index in [1.807, 2.05) is 54.7 Å². The molecule has 0 aliphatic carbocycles. The van der Waals surface area contributed by atoms with Crippen molar-refractivity contribution in [3.63, 3.8) is 0 Å². The Morgan fingerprint density at radius 1 is 1.18 bits per heavy atom. The van der Waals surface area contributed by atoms with E-state index in [1.54, 1.807) is 18.8 Å². The highest BCUT2D eigenvalue weighted by Crippen LogP contribution is 2.22. The number of para-hydroxylation sites is 1. The molecule has 0 saturated carbocycles. The molecule has 4 rings (SSSR count). The number of H-pyrrole nitrogens is 1. The minimum Gasteiger partial charge on any atom is -0.497 e. The third-order valence-corrected chi connectivity index (χ3v) is 4.85. The van der Waals surface area contributed by atoms with Crippen LogP contribution in [0.25, 0.3) is 22.2 Å². The van der Waals surface area contributed by atoms with Gasteiger partial charge in [0.25, 0.3) is 5.91 Å². The molecule has 6 nitrogen and oxygen atoms in total. The fourth-order valence-corrected chi connectivity index (χ4v) is 3.32. The number of amides is 1. The van der Waals surface area contributed by atoms with Crippen LogP contribution in [0.2, 0.25) is 0 Å². The van der Waals surface area contributed by atoms with Gasteiger partial charge in [-0.3, -0.25) is 9.48 Å². The number of hydrogen-bond acceptors (Lipinski definition) is 3. The Bertz CT molecular complexity index is 1110. The zero-order valence-corrected chi connectivity index (χ0v) is 15.9. The van der Waals surface area contributed by atoms with Gasteiger partial charge in [-0.25, -0.2) is 0 Å². The van der Waals surface area contributed by atoms with Gasteiger partial charge in [-0.05, 0) is 48.4 Å². The summed E-state index contributed by atoms with van der Waals surface area (Å²) < 4.78 is 6.79. The number of carbonyl (C=O) groups excluding carboxylic acids is 1. The Morgan fingerprint density at radius 3 is 2.75 bits per heavy atom. The normalized spacial score (nSPS) is 10.9. The Kier molecular flexibility index (Phi) is 4.85. The molecule has 4 aromatic rings. The minimum absolute atomic E-state index is 0.130. The molecule has 0 unspecified atom stereocenters. The lowest BCUT2D eigenvalue weighted by Crippen LogP contribution is -2.27. The Hall–Kier alpha value is -3.54. The molecule has 0 saturated heterocycles. The highest BCUT2D eigenvalue weighted by atomic mass is 16.5. The topological polar surface area (TPSA) is 71.9 Å². The Balaban J connectivity index is 1.42. The van der Waals surface area contributed by atoms with Gasteiger partial charge in [0.2, 0.25) is 0 Å². The number of aromatic amines is 1. The van der Waals surface area contributed by atoms with E-state index < -0.39 is 0 Å². The molecule has 2 N–H and O–H groups in total. The maximum Gasteiger partial charge on any atom is 0.269 e. The molecule has 0 aliphatic heterocycles. The van der Waals surface area contributed by atoms with E-state index in [0.29, 0.717) is 12.2 Å². The van der Waals surface area contributed by atoms with Crippen LogP contribution in [-0.4, -0.2) is 34.3 Å². The van der Waals surface area contributed by atoms with Gasteiger partial charge in [0.15, 0.2) is 0 Å². The average Bonchev–Trinajstić information content (AvgIpc) is 3.32. The van der Waals surface area contributed by atoms with Crippen molar-refractivity contribution in [2.75, 3.05) is 13.7 Å². The molecule has 0 bridgehead atoms. The van der Waals surface area contributed by atoms with Gasteiger partial charge < -0.3 is 15.0 Å². The summed E-state index contributed by atoms with van der Waals surface area (Å²) in [4.78, 5) is 15.9. The van der Waals surface area contributed by atoms with Crippen LogP contribution >= 0.6 is 0 Å². The van der Waals surface area contributed by atoms with Gasteiger partial charge in [0.1, 0.15) is 11.4 Å². The number of nitrogens with one attached hydrogen (secondary N) is 2. The van der Waals surface area contributed by atoms with Crippen LogP contribution in [0.15, 0.2) is 60.8 Å². The number of benzene rings is 2. The zero-order chi connectivity index (χ0) is 19.5. The number of fused-ring (bicyclic) bond motifs is 1. The summed E-state index contributed by atoms with van der Waals surface area (Å²) in [6.07, 6.45) is 2.77. The molecule has 0 radical (unpaired) electrons. The highest BCUT2D eigenvalue weighted by molar-refractivity contribution is 5.93. The van der Waals surface area contributed by atoms with Gasteiger partial charge >= 0.3 is 0 Å². The molecule has 6 heteroatoms. The first kappa shape index (κ1) is 17.9. The quantitative estimate of drug-likeness (QED) is 0.542. The smallest absolute Gasteiger partial charge is 0.269 e. The Labute approximate surface area is 163 Å². The molecular formula is C22H22N4O2. The maximum absolute atomic E-state index is 12.6. The van der Waals surface area contributed by atoms with Gasteiger partial charge in [-0.2, -0.15) is 5.10 Å². The van der Waals surface area contributed by atoms with Crippen LogP contribution in [0, 0.1) is 0 Å². The van der Waals surface area contributed by atoms with Crippen molar-refractivity contribution in [1.29, 1.82) is 0 Å². The number of nitrogens with zero attached hydrogens (tertiary/aromatic N) is 2. The average molecular weight is 374 g/mol. The SMILES string of the molecule is COc1ccc(-c2cc(C(=O)NCCc3c[nH]c4ccccc34)n(C)n2)cc1. The summed E-state index contributed by atoms with van der Waals surface area (Å²) in [5.41, 5.74) is 4.53. The number of aromatic nitrogens is 3. The van der Waals surface area contributed by atoms with Crippen LogP contribution in [0.4, 0.5) is 0 Å². The standard InChI is InChI=1S/C22H22N4O2/c1-26-21(13-20(25-26)15-7-9-17(28-2)10-8-15)22(27)23-12-11-16-14-24-19-6-4-3-5-18(16)19/h3-10,13-14,24H,11-12H2,1-2H3,(H,23,27). The third-order valence-electron chi connectivity index (χ3n) is 4.85. The highest BCUT2D eigenvalue weighted by Gasteiger charge is 2.14. The molecule has 0 fully saturated rings. The Morgan fingerprint density at radius 2 is 1.96 bits per heavy atom. The first-order valence-electron chi connectivity index (χ1n) is 9.17. The van der Waals surface area contributed by atoms with E-state index in [1.165, 1.54) is 10.9 Å². The number of aryl methyl sites for hydroxylation is 1. The van der Waals surface area contributed by atoms with Crippen molar-refractivity contribution in [1.82, 2.24) is 20.1 Å². The summed E-state index contributed by atoms with van der Waals surface area (Å²) in [5.74, 6) is 0.657. The lowest BCUT2D eigenvalue weighted by Gasteiger charge is -2.04. The molecule has 1 amide bonds. The summed E-state index contributed by atoms with van der Waals surface area (Å²) >= 11 is 0. The van der Waals surface area contributed by atoms with Crippen LogP contribution in [-0.2, 0) is 13.5 Å². The van der Waals surface area contributed by atoms with Crippen molar-refractivity contribution in [2.24, 2.45) is 7.05 Å². The van der Waals surface area contributed by atoms with E-state index in [2.05, 4.69) is 21.5 Å². The molecule has 0 spiro atoms. The molecule has 28 heavy (non-hydrogen) atoms. The van der Waals surface area contributed by atoms with Crippen LogP contribution in [0.1, 0.15) is 16.1 Å². The third kappa shape index (κ3) is 3.49. The largest absolute Gasteiger partial charge is 0.497 e. The van der Waals surface area contributed by atoms with Gasteiger partial charge in [0, 0.05) is 36.3 Å². The fourth-order valence-electron chi connectivity index (χ4n) is 3.32. The van der Waals surface area contributed by atoms with Crippen LogP contribution in [0.5, 0.6) is 5.75 Å². The van der Waals surface area contributed by atoms with Crippen molar-refractivity contribution >= 4 is 16.8 Å². The first-order valence-corrected chi connectivity index (χ1v) is 9.17. The summed E-state index contributed by atoms with van der Waals surface area (Å²) in [6.45, 7) is 0.559. The van der Waals surface area contributed by atoms with Gasteiger partial charge in [-0.15, -0.1) is 0 Å². The van der Waals surface area contributed by atoms with Crippen molar-refractivity contribution in [2.45, 2.75) is 6.42 Å². The zero-order valence-electron chi connectivity index (χ0n) is 15.9. The minimum atomic E-state index is -0.130. The second kappa shape index (κ2) is 7.60. The maximum atomic E-state index is 12.6. The molecule has 2 aromatic carbocycles. The van der Waals surface area contributed by atoms with E-state index in [-0.39, 0.29) is 5.91 Å². The number of rotatable bonds is 6. The lowest BCUT2D eigenvalue weighted by molar-refractivity contribution is 0.0944. The second-order valence-corrected chi connectivity index (χ2v) is 6.63. The molecule has 142 valence electrons. The van der Waals surface area contributed by atoms with Crippen molar-refractivity contribution in [3.8, 4) is 17.0 Å². The van der Waals surface area contributed by atoms with Crippen LogP contribution in [0.3, 0.4) is 0 Å². The lowest BCUT2D eigenvalue weighted by atomic mass is 10.1. The van der Waals surface area contributed by atoms with Crippen molar-refractivity contribution < 1.29 is 9.53 Å². The van der Waals surface area contributed by atoms with E-state index >= 15 is 0 Å². The fraction of sp³-hybridized carbons (Fsp3) is 0.182. The predicted octanol–water partition coefficient (Wildman–Crippen LogP) is 3.55. The number of ether oxygens (including phenoxy) is 1. The molecule has 2 heterocycles. The number of hydrogen-bond donors (Lipinski definition) is 2. The summed E-state index contributed by atoms with van der Waals surface area (Å²) in [7, 11) is 3.41. The molecular weight excluding hydrogens is 352 g/mol. The van der Waals surface area contributed by atoms with Crippen molar-refractivity contribution in [3.05, 3.63) is 72.1 Å². The summed E-state index contributed by atoms with van der Waals surface area (Å²) in [5, 5.41) is 8.65. The van der Waals surface area contributed by atoms with E-state index in [4.69, 9.17) is 4.74 Å². The second-order valence-electron chi connectivity index (χ2n) is 6.63. The van der Waals surface area contributed by atoms with Crippen LogP contribution < -0.4 is 10.1 Å². The predicted molar refractivity (Wildman–Crippen MR) is 110 cm³/mol. The van der Waals surface area contributed by atoms with Gasteiger partial charge in [0.05, 0.1) is 12.8 Å². The summed E-state index contributed by atoms with van der Waals surface area (Å²) in [6, 6.07) is 17.6. The molecule has 0 atom stereocenters. The number of methoxy groups -OCH3 is 1. The molecule has 2 aromatic heterocycles.